The molecule has 1 aliphatic carbocycles. The molecule has 8 heteroatoms. The van der Waals surface area contributed by atoms with E-state index in [2.05, 4.69) is 48.2 Å². The van der Waals surface area contributed by atoms with Gasteiger partial charge in [-0.05, 0) is 81.3 Å². The Morgan fingerprint density at radius 3 is 2.63 bits per heavy atom. The van der Waals surface area contributed by atoms with E-state index in [1.165, 1.54) is 11.1 Å². The lowest BCUT2D eigenvalue weighted by Gasteiger charge is -2.24. The maximum atomic E-state index is 13.4. The second-order valence-electron chi connectivity index (χ2n) is 11.8. The van der Waals surface area contributed by atoms with E-state index >= 15 is 0 Å². The van der Waals surface area contributed by atoms with Crippen LogP contribution in [0.1, 0.15) is 77.2 Å². The summed E-state index contributed by atoms with van der Waals surface area (Å²) in [7, 11) is 0. The van der Waals surface area contributed by atoms with Gasteiger partial charge in [-0.1, -0.05) is 26.8 Å². The van der Waals surface area contributed by atoms with Gasteiger partial charge in [-0.2, -0.15) is 4.98 Å². The zero-order valence-corrected chi connectivity index (χ0v) is 23.1. The highest BCUT2D eigenvalue weighted by atomic mass is 16.1. The van der Waals surface area contributed by atoms with Gasteiger partial charge in [0.05, 0.1) is 5.69 Å². The average Bonchev–Trinajstić information content (AvgIpc) is 3.15. The van der Waals surface area contributed by atoms with Crippen molar-refractivity contribution in [1.29, 1.82) is 0 Å². The van der Waals surface area contributed by atoms with Crippen molar-refractivity contribution in [2.45, 2.75) is 78.7 Å². The molecule has 0 aliphatic heterocycles. The Morgan fingerprint density at radius 2 is 1.92 bits per heavy atom. The van der Waals surface area contributed by atoms with Gasteiger partial charge in [-0.3, -0.25) is 9.78 Å². The smallest absolute Gasteiger partial charge is 0.278 e. The molecule has 0 spiro atoms. The number of hydrogen-bond donors (Lipinski definition) is 1. The molecule has 4 aromatic rings. The fourth-order valence-electron chi connectivity index (χ4n) is 5.35. The lowest BCUT2D eigenvalue weighted by atomic mass is 9.81. The SMILES string of the molecule is CC(=O)CC1CCc2cc(Nc3ncc4c(=O)n(C(C)C)n(-c5ccnc(C(C)(C)C)c5)c4n3)ccc2C1. The number of aryl methyl sites for hydroxylation is 1. The number of rotatable bonds is 6. The van der Waals surface area contributed by atoms with E-state index in [9.17, 15) is 9.59 Å². The summed E-state index contributed by atoms with van der Waals surface area (Å²) in [6.45, 7) is 12.0. The largest absolute Gasteiger partial charge is 0.324 e. The second kappa shape index (κ2) is 9.82. The van der Waals surface area contributed by atoms with E-state index in [-0.39, 0.29) is 22.8 Å². The standard InChI is InChI=1S/C30H36N6O2/c1-18(2)35-28(38)25-17-32-29(34-27(25)36(35)24-11-12-31-26(16-24)30(4,5)6)33-23-10-9-21-14-20(13-19(3)37)7-8-22(21)15-23/h9-12,15-18,20H,7-8,13-14H2,1-6H3,(H,32,33,34). The van der Waals surface area contributed by atoms with Gasteiger partial charge in [0.1, 0.15) is 11.2 Å². The van der Waals surface area contributed by atoms with E-state index in [0.29, 0.717) is 29.3 Å². The summed E-state index contributed by atoms with van der Waals surface area (Å²) in [6, 6.07) is 10.2. The van der Waals surface area contributed by atoms with E-state index in [4.69, 9.17) is 4.98 Å². The van der Waals surface area contributed by atoms with Crippen LogP contribution in [0.3, 0.4) is 0 Å². The molecule has 8 nitrogen and oxygen atoms in total. The monoisotopic (exact) mass is 512 g/mol. The van der Waals surface area contributed by atoms with Crippen LogP contribution in [0.4, 0.5) is 11.6 Å². The van der Waals surface area contributed by atoms with Crippen molar-refractivity contribution >= 4 is 28.5 Å². The Morgan fingerprint density at radius 1 is 1.13 bits per heavy atom. The number of aromatic nitrogens is 5. The Balaban J connectivity index is 1.53. The number of nitrogens with zero attached hydrogens (tertiary/aromatic N) is 5. The maximum Gasteiger partial charge on any atom is 0.278 e. The molecule has 0 saturated carbocycles. The fraction of sp³-hybridized carbons (Fsp3) is 0.433. The highest BCUT2D eigenvalue weighted by molar-refractivity contribution is 5.77. The molecule has 3 heterocycles. The first-order valence-corrected chi connectivity index (χ1v) is 13.4. The summed E-state index contributed by atoms with van der Waals surface area (Å²) in [5.74, 6) is 1.12. The molecule has 0 amide bonds. The van der Waals surface area contributed by atoms with Crippen molar-refractivity contribution in [3.05, 3.63) is 69.9 Å². The Kier molecular flexibility index (Phi) is 6.67. The lowest BCUT2D eigenvalue weighted by molar-refractivity contribution is -0.117. The number of hydrogen-bond acceptors (Lipinski definition) is 6. The van der Waals surface area contributed by atoms with Gasteiger partial charge in [-0.25, -0.2) is 14.3 Å². The number of fused-ring (bicyclic) bond motifs is 2. The van der Waals surface area contributed by atoms with Gasteiger partial charge >= 0.3 is 0 Å². The molecule has 1 unspecified atom stereocenters. The van der Waals surface area contributed by atoms with Crippen LogP contribution in [0.2, 0.25) is 0 Å². The third kappa shape index (κ3) is 4.99. The molecular formula is C30H36N6O2. The van der Waals surface area contributed by atoms with Crippen LogP contribution in [0.15, 0.2) is 47.5 Å². The van der Waals surface area contributed by atoms with Gasteiger partial charge in [0.25, 0.3) is 5.56 Å². The van der Waals surface area contributed by atoms with Crippen molar-refractivity contribution in [2.24, 2.45) is 5.92 Å². The quantitative estimate of drug-likeness (QED) is 0.357. The number of anilines is 2. The van der Waals surface area contributed by atoms with Crippen molar-refractivity contribution < 1.29 is 4.79 Å². The van der Waals surface area contributed by atoms with Gasteiger partial charge in [0.15, 0.2) is 5.65 Å². The topological polar surface area (TPSA) is 94.7 Å². The molecule has 1 N–H and O–H groups in total. The number of benzene rings is 1. The first kappa shape index (κ1) is 25.8. The maximum absolute atomic E-state index is 13.4. The first-order chi connectivity index (χ1) is 18.0. The summed E-state index contributed by atoms with van der Waals surface area (Å²) in [6.07, 6.45) is 6.97. The van der Waals surface area contributed by atoms with Gasteiger partial charge in [0, 0.05) is 41.7 Å². The molecule has 5 rings (SSSR count). The average molecular weight is 513 g/mol. The minimum absolute atomic E-state index is 0.0770. The van der Waals surface area contributed by atoms with Crippen LogP contribution in [0, 0.1) is 5.92 Å². The third-order valence-corrected chi connectivity index (χ3v) is 7.24. The van der Waals surface area contributed by atoms with Crippen molar-refractivity contribution in [2.75, 3.05) is 5.32 Å². The normalized spacial score (nSPS) is 15.6. The number of carbonyl (C=O) groups excluding carboxylic acids is 1. The molecule has 0 saturated heterocycles. The highest BCUT2D eigenvalue weighted by Crippen LogP contribution is 2.31. The van der Waals surface area contributed by atoms with Gasteiger partial charge < -0.3 is 10.1 Å². The van der Waals surface area contributed by atoms with Crippen molar-refractivity contribution in [3.63, 3.8) is 0 Å². The van der Waals surface area contributed by atoms with Crippen molar-refractivity contribution in [3.8, 4) is 5.69 Å². The molecule has 0 fully saturated rings. The minimum Gasteiger partial charge on any atom is -0.324 e. The fourth-order valence-corrected chi connectivity index (χ4v) is 5.35. The van der Waals surface area contributed by atoms with E-state index in [0.717, 1.165) is 36.3 Å². The number of Topliss-reactive ketones (excluding diaryl/α,β-unsaturated/α-hetero) is 1. The summed E-state index contributed by atoms with van der Waals surface area (Å²) in [5.41, 5.74) is 5.58. The second-order valence-corrected chi connectivity index (χ2v) is 11.8. The van der Waals surface area contributed by atoms with E-state index < -0.39 is 0 Å². The van der Waals surface area contributed by atoms with Crippen LogP contribution in [-0.4, -0.2) is 30.1 Å². The zero-order valence-electron chi connectivity index (χ0n) is 23.1. The van der Waals surface area contributed by atoms with Gasteiger partial charge in [0.2, 0.25) is 5.95 Å². The number of carbonyl (C=O) groups is 1. The van der Waals surface area contributed by atoms with Crippen LogP contribution in [0.5, 0.6) is 0 Å². The molecule has 1 aliphatic rings. The molecular weight excluding hydrogens is 476 g/mol. The molecule has 38 heavy (non-hydrogen) atoms. The summed E-state index contributed by atoms with van der Waals surface area (Å²) >= 11 is 0. The van der Waals surface area contributed by atoms with Crippen LogP contribution < -0.4 is 10.9 Å². The molecule has 3 aromatic heterocycles. The predicted molar refractivity (Wildman–Crippen MR) is 151 cm³/mol. The highest BCUT2D eigenvalue weighted by Gasteiger charge is 2.23. The van der Waals surface area contributed by atoms with Crippen LogP contribution >= 0.6 is 0 Å². The molecule has 0 bridgehead atoms. The predicted octanol–water partition coefficient (Wildman–Crippen LogP) is 5.68. The van der Waals surface area contributed by atoms with Crippen LogP contribution in [-0.2, 0) is 23.1 Å². The molecule has 198 valence electrons. The van der Waals surface area contributed by atoms with Gasteiger partial charge in [-0.15, -0.1) is 0 Å². The Labute approximate surface area is 223 Å². The summed E-state index contributed by atoms with van der Waals surface area (Å²) in [4.78, 5) is 38.8. The minimum atomic E-state index is -0.137. The third-order valence-electron chi connectivity index (χ3n) is 7.24. The Bertz CT molecular complexity index is 1570. The number of nitrogens with one attached hydrogen (secondary N) is 1. The molecule has 1 aromatic carbocycles. The van der Waals surface area contributed by atoms with Crippen molar-refractivity contribution in [1.82, 2.24) is 24.3 Å². The zero-order chi connectivity index (χ0) is 27.2. The molecule has 1 atom stereocenters. The molecule has 0 radical (unpaired) electrons. The van der Waals surface area contributed by atoms with Crippen LogP contribution in [0.25, 0.3) is 16.7 Å². The first-order valence-electron chi connectivity index (χ1n) is 13.4. The van der Waals surface area contributed by atoms with E-state index in [1.807, 2.05) is 36.7 Å². The summed E-state index contributed by atoms with van der Waals surface area (Å²) < 4.78 is 3.61. The Hall–Kier alpha value is -3.81. The lowest BCUT2D eigenvalue weighted by Crippen LogP contribution is -2.24. The summed E-state index contributed by atoms with van der Waals surface area (Å²) in [5, 5.41) is 3.82. The number of pyridine rings is 1. The van der Waals surface area contributed by atoms with E-state index in [1.54, 1.807) is 24.0 Å². The number of ketones is 1.